The number of hydrogen-bond acceptors (Lipinski definition) is 5. The van der Waals surface area contributed by atoms with Crippen LogP contribution in [0.2, 0.25) is 5.02 Å². The highest BCUT2D eigenvalue weighted by Crippen LogP contribution is 2.54. The van der Waals surface area contributed by atoms with Crippen LogP contribution in [0.4, 0.5) is 10.1 Å². The molecule has 2 atom stereocenters. The van der Waals surface area contributed by atoms with Gasteiger partial charge in [-0.1, -0.05) is 29.5 Å². The van der Waals surface area contributed by atoms with Crippen molar-refractivity contribution in [2.45, 2.75) is 61.6 Å². The van der Waals surface area contributed by atoms with Gasteiger partial charge in [-0.2, -0.15) is 0 Å². The van der Waals surface area contributed by atoms with E-state index in [4.69, 9.17) is 11.6 Å². The first-order valence-corrected chi connectivity index (χ1v) is 13.7. The standard InChI is InChI=1S/C30H30ClFN4O3/c1-36-17-34-26(27(36)28(37)35-23-4-5-25(32)24(31)11-23)19-9-20-12-29(38,13-21(20)10-19)6-7-30(39)14-22(15-30)18-3-2-8-33-16-18/h2-5,8,11,16-17,19-22,38-39H,9-10,12-15H2,1H3,(H,35,37). The highest BCUT2D eigenvalue weighted by Gasteiger charge is 2.50. The zero-order valence-corrected chi connectivity index (χ0v) is 22.3. The van der Waals surface area contributed by atoms with Crippen LogP contribution in [0.3, 0.4) is 0 Å². The summed E-state index contributed by atoms with van der Waals surface area (Å²) in [6, 6.07) is 7.98. The van der Waals surface area contributed by atoms with Crippen molar-refractivity contribution in [3.05, 3.63) is 76.8 Å². The number of aliphatic hydroxyl groups is 2. The number of hydrogen-bond donors (Lipinski definition) is 3. The molecular formula is C30H30ClFN4O3. The fourth-order valence-corrected chi connectivity index (χ4v) is 6.90. The first-order chi connectivity index (χ1) is 18.6. The molecule has 1 amide bonds. The molecule has 9 heteroatoms. The maximum absolute atomic E-state index is 13.5. The lowest BCUT2D eigenvalue weighted by Crippen LogP contribution is -2.41. The molecule has 0 saturated heterocycles. The molecule has 6 rings (SSSR count). The number of carbonyl (C=O) groups excluding carboxylic acids is 1. The van der Waals surface area contributed by atoms with E-state index in [0.717, 1.165) is 24.1 Å². The predicted octanol–water partition coefficient (Wildman–Crippen LogP) is 4.81. The van der Waals surface area contributed by atoms with Crippen LogP contribution < -0.4 is 5.32 Å². The van der Waals surface area contributed by atoms with E-state index in [2.05, 4.69) is 27.1 Å². The molecule has 3 aromatic rings. The Morgan fingerprint density at radius 1 is 1.10 bits per heavy atom. The molecule has 2 aromatic heterocycles. The number of aromatic nitrogens is 3. The summed E-state index contributed by atoms with van der Waals surface area (Å²) in [6.45, 7) is 0. The molecule has 3 N–H and O–H groups in total. The van der Waals surface area contributed by atoms with E-state index in [0.29, 0.717) is 37.1 Å². The van der Waals surface area contributed by atoms with Crippen LogP contribution in [0.5, 0.6) is 0 Å². The summed E-state index contributed by atoms with van der Waals surface area (Å²) in [6.07, 6.45) is 9.00. The third kappa shape index (κ3) is 5.07. The Kier molecular flexibility index (Phi) is 6.49. The van der Waals surface area contributed by atoms with E-state index < -0.39 is 17.0 Å². The highest BCUT2D eigenvalue weighted by molar-refractivity contribution is 6.31. The Hall–Kier alpha value is -3.25. The van der Waals surface area contributed by atoms with Gasteiger partial charge in [0.25, 0.3) is 5.91 Å². The molecule has 39 heavy (non-hydrogen) atoms. The number of halogens is 2. The number of fused-ring (bicyclic) bond motifs is 1. The van der Waals surface area contributed by atoms with Gasteiger partial charge >= 0.3 is 0 Å². The topological polar surface area (TPSA) is 100 Å². The van der Waals surface area contributed by atoms with Crippen molar-refractivity contribution in [2.24, 2.45) is 18.9 Å². The van der Waals surface area contributed by atoms with E-state index in [9.17, 15) is 19.4 Å². The number of nitrogens with one attached hydrogen (secondary N) is 1. The van der Waals surface area contributed by atoms with Gasteiger partial charge in [0.1, 0.15) is 22.7 Å². The number of aryl methyl sites for hydroxylation is 1. The van der Waals surface area contributed by atoms with Crippen LogP contribution in [0.1, 0.15) is 72.1 Å². The van der Waals surface area contributed by atoms with Gasteiger partial charge < -0.3 is 20.1 Å². The number of pyridine rings is 1. The fraction of sp³-hybridized carbons (Fsp3) is 0.433. The quantitative estimate of drug-likeness (QED) is 0.406. The number of amides is 1. The maximum atomic E-state index is 13.5. The molecule has 0 spiro atoms. The van der Waals surface area contributed by atoms with Crippen molar-refractivity contribution in [1.29, 1.82) is 0 Å². The van der Waals surface area contributed by atoms with Crippen LogP contribution in [0, 0.1) is 29.5 Å². The highest BCUT2D eigenvalue weighted by atomic mass is 35.5. The van der Waals surface area contributed by atoms with Crippen molar-refractivity contribution in [1.82, 2.24) is 14.5 Å². The fourth-order valence-electron chi connectivity index (χ4n) is 6.72. The third-order valence-corrected chi connectivity index (χ3v) is 8.93. The SMILES string of the molecule is Cn1cnc(C2CC3CC(O)(C#CC4(O)CC(c5cccnc5)C4)CC3C2)c1C(=O)Nc1ccc(F)c(Cl)c1. The number of anilines is 1. The summed E-state index contributed by atoms with van der Waals surface area (Å²) < 4.78 is 15.2. The Labute approximate surface area is 231 Å². The minimum atomic E-state index is -1.11. The molecule has 0 bridgehead atoms. The van der Waals surface area contributed by atoms with Crippen LogP contribution >= 0.6 is 11.6 Å². The maximum Gasteiger partial charge on any atom is 0.274 e. The molecule has 3 saturated carbocycles. The number of imidazole rings is 1. The van der Waals surface area contributed by atoms with Crippen molar-refractivity contribution >= 4 is 23.2 Å². The number of rotatable bonds is 4. The Morgan fingerprint density at radius 3 is 2.44 bits per heavy atom. The molecule has 0 aliphatic heterocycles. The lowest BCUT2D eigenvalue weighted by Gasteiger charge is -2.40. The number of benzene rings is 1. The summed E-state index contributed by atoms with van der Waals surface area (Å²) in [5.41, 5.74) is 0.532. The summed E-state index contributed by atoms with van der Waals surface area (Å²) in [7, 11) is 1.78. The minimum Gasteiger partial charge on any atom is -0.378 e. The second-order valence-corrected chi connectivity index (χ2v) is 11.9. The summed E-state index contributed by atoms with van der Waals surface area (Å²) in [5, 5.41) is 24.8. The van der Waals surface area contributed by atoms with Crippen LogP contribution in [0.25, 0.3) is 0 Å². The third-order valence-electron chi connectivity index (χ3n) is 8.64. The van der Waals surface area contributed by atoms with Gasteiger partial charge in [-0.05, 0) is 86.1 Å². The van der Waals surface area contributed by atoms with Gasteiger partial charge in [-0.25, -0.2) is 9.37 Å². The van der Waals surface area contributed by atoms with Crippen molar-refractivity contribution in [3.63, 3.8) is 0 Å². The van der Waals surface area contributed by atoms with Crippen LogP contribution in [0.15, 0.2) is 49.1 Å². The van der Waals surface area contributed by atoms with E-state index in [1.165, 1.54) is 18.2 Å². The van der Waals surface area contributed by atoms with E-state index >= 15 is 0 Å². The average Bonchev–Trinajstić information content (AvgIpc) is 3.55. The largest absolute Gasteiger partial charge is 0.378 e. The average molecular weight is 549 g/mol. The molecular weight excluding hydrogens is 519 g/mol. The molecule has 202 valence electrons. The summed E-state index contributed by atoms with van der Waals surface area (Å²) in [5.74, 6) is 6.03. The molecule has 7 nitrogen and oxygen atoms in total. The molecule has 2 heterocycles. The first-order valence-electron chi connectivity index (χ1n) is 13.3. The van der Waals surface area contributed by atoms with Gasteiger partial charge in [-0.15, -0.1) is 0 Å². The second-order valence-electron chi connectivity index (χ2n) is 11.5. The number of nitrogens with zero attached hydrogens (tertiary/aromatic N) is 3. The lowest BCUT2D eigenvalue weighted by atomic mass is 9.68. The van der Waals surface area contributed by atoms with Gasteiger partial charge in [0.05, 0.1) is 17.0 Å². The van der Waals surface area contributed by atoms with Crippen LogP contribution in [-0.4, -0.2) is 41.9 Å². The Morgan fingerprint density at radius 2 is 1.79 bits per heavy atom. The van der Waals surface area contributed by atoms with Gasteiger partial charge in [0.2, 0.25) is 0 Å². The first kappa shape index (κ1) is 26.0. The van der Waals surface area contributed by atoms with E-state index in [-0.39, 0.29) is 34.6 Å². The van der Waals surface area contributed by atoms with Crippen molar-refractivity contribution in [2.75, 3.05) is 5.32 Å². The minimum absolute atomic E-state index is 0.0602. The monoisotopic (exact) mass is 548 g/mol. The summed E-state index contributed by atoms with van der Waals surface area (Å²) in [4.78, 5) is 21.9. The Bertz CT molecular complexity index is 1460. The number of carbonyl (C=O) groups is 1. The molecule has 1 aromatic carbocycles. The van der Waals surface area contributed by atoms with Gasteiger partial charge in [0.15, 0.2) is 0 Å². The van der Waals surface area contributed by atoms with E-state index in [1.807, 2.05) is 18.3 Å². The van der Waals surface area contributed by atoms with E-state index in [1.54, 1.807) is 24.1 Å². The zero-order valence-electron chi connectivity index (χ0n) is 21.6. The lowest BCUT2D eigenvalue weighted by molar-refractivity contribution is 0.00456. The summed E-state index contributed by atoms with van der Waals surface area (Å²) >= 11 is 5.87. The zero-order chi connectivity index (χ0) is 27.4. The van der Waals surface area contributed by atoms with Gasteiger partial charge in [-0.3, -0.25) is 9.78 Å². The second kappa shape index (κ2) is 9.74. The molecule has 3 fully saturated rings. The molecule has 2 unspecified atom stereocenters. The van der Waals surface area contributed by atoms with Crippen LogP contribution in [-0.2, 0) is 7.05 Å². The van der Waals surface area contributed by atoms with Crippen molar-refractivity contribution in [3.8, 4) is 11.8 Å². The predicted molar refractivity (Wildman–Crippen MR) is 145 cm³/mol. The normalized spacial score (nSPS) is 31.2. The smallest absolute Gasteiger partial charge is 0.274 e. The molecule has 0 radical (unpaired) electrons. The molecule has 3 aliphatic carbocycles. The van der Waals surface area contributed by atoms with Crippen molar-refractivity contribution < 1.29 is 19.4 Å². The van der Waals surface area contributed by atoms with Gasteiger partial charge in [0, 0.05) is 31.0 Å². The molecule has 3 aliphatic rings. The Balaban J connectivity index is 1.10.